The molecule has 0 radical (unpaired) electrons. The lowest BCUT2D eigenvalue weighted by Gasteiger charge is -2.23. The SMILES string of the molecule is CCC(C#N)(CC)C(=O)Nc1cc(OC)c(Cl)cc1OC. The largest absolute Gasteiger partial charge is 0.495 e. The fourth-order valence-corrected chi connectivity index (χ4v) is 2.21. The third-order valence-electron chi connectivity index (χ3n) is 3.58. The number of ether oxygens (including phenoxy) is 2. The van der Waals surface area contributed by atoms with Crippen LogP contribution in [0.15, 0.2) is 12.1 Å². The summed E-state index contributed by atoms with van der Waals surface area (Å²) in [6.45, 7) is 3.62. The van der Waals surface area contributed by atoms with Crippen LogP contribution in [-0.4, -0.2) is 20.1 Å². The minimum absolute atomic E-state index is 0.363. The lowest BCUT2D eigenvalue weighted by molar-refractivity contribution is -0.123. The van der Waals surface area contributed by atoms with Gasteiger partial charge in [-0.15, -0.1) is 0 Å². The first-order chi connectivity index (χ1) is 9.97. The van der Waals surface area contributed by atoms with Gasteiger partial charge in [0.15, 0.2) is 0 Å². The molecule has 21 heavy (non-hydrogen) atoms. The number of halogens is 1. The van der Waals surface area contributed by atoms with Crippen molar-refractivity contribution in [3.05, 3.63) is 17.2 Å². The van der Waals surface area contributed by atoms with E-state index >= 15 is 0 Å². The summed E-state index contributed by atoms with van der Waals surface area (Å²) in [7, 11) is 2.96. The van der Waals surface area contributed by atoms with Crippen LogP contribution in [-0.2, 0) is 4.79 Å². The monoisotopic (exact) mass is 310 g/mol. The van der Waals surface area contributed by atoms with Crippen molar-refractivity contribution in [1.82, 2.24) is 0 Å². The minimum Gasteiger partial charge on any atom is -0.495 e. The Labute approximate surface area is 129 Å². The average Bonchev–Trinajstić information content (AvgIpc) is 2.50. The number of nitriles is 1. The predicted molar refractivity (Wildman–Crippen MR) is 81.8 cm³/mol. The van der Waals surface area contributed by atoms with Crippen LogP contribution in [0.5, 0.6) is 11.5 Å². The molecule has 0 aromatic heterocycles. The number of benzene rings is 1. The van der Waals surface area contributed by atoms with E-state index in [2.05, 4.69) is 11.4 Å². The van der Waals surface area contributed by atoms with E-state index in [0.717, 1.165) is 0 Å². The number of nitrogens with one attached hydrogen (secondary N) is 1. The number of carbonyl (C=O) groups is 1. The number of anilines is 1. The molecule has 0 aliphatic heterocycles. The Morgan fingerprint density at radius 1 is 1.29 bits per heavy atom. The van der Waals surface area contributed by atoms with Crippen molar-refractivity contribution in [2.75, 3.05) is 19.5 Å². The van der Waals surface area contributed by atoms with E-state index in [-0.39, 0.29) is 5.91 Å². The van der Waals surface area contributed by atoms with Gasteiger partial charge in [0.05, 0.1) is 31.0 Å². The molecule has 1 amide bonds. The van der Waals surface area contributed by atoms with Gasteiger partial charge in [-0.2, -0.15) is 5.26 Å². The Hall–Kier alpha value is -1.93. The van der Waals surface area contributed by atoms with Gasteiger partial charge in [-0.3, -0.25) is 4.79 Å². The zero-order valence-corrected chi connectivity index (χ0v) is 13.4. The molecule has 114 valence electrons. The molecule has 0 saturated carbocycles. The molecule has 0 aliphatic rings. The van der Waals surface area contributed by atoms with Crippen LogP contribution < -0.4 is 14.8 Å². The van der Waals surface area contributed by atoms with E-state index in [0.29, 0.717) is 35.1 Å². The normalized spacial score (nSPS) is 10.7. The molecule has 5 nitrogen and oxygen atoms in total. The van der Waals surface area contributed by atoms with Crippen LogP contribution in [0.25, 0.3) is 0 Å². The summed E-state index contributed by atoms with van der Waals surface area (Å²) < 4.78 is 10.3. The summed E-state index contributed by atoms with van der Waals surface area (Å²) >= 11 is 6.02. The van der Waals surface area contributed by atoms with Crippen molar-refractivity contribution in [1.29, 1.82) is 5.26 Å². The molecule has 1 rings (SSSR count). The van der Waals surface area contributed by atoms with Crippen LogP contribution in [0.3, 0.4) is 0 Å². The highest BCUT2D eigenvalue weighted by molar-refractivity contribution is 6.32. The number of nitrogens with zero attached hydrogens (tertiary/aromatic N) is 1. The Bertz CT molecular complexity index is 563. The molecule has 1 N–H and O–H groups in total. The van der Waals surface area contributed by atoms with E-state index in [1.165, 1.54) is 14.2 Å². The molecular formula is C15H19ClN2O3. The van der Waals surface area contributed by atoms with Crippen molar-refractivity contribution in [2.24, 2.45) is 5.41 Å². The molecule has 0 heterocycles. The van der Waals surface area contributed by atoms with Gasteiger partial charge in [0.2, 0.25) is 5.91 Å². The Kier molecular flexibility index (Phi) is 5.86. The summed E-state index contributed by atoms with van der Waals surface area (Å²) in [5, 5.41) is 12.4. The van der Waals surface area contributed by atoms with Gasteiger partial charge in [0.1, 0.15) is 16.9 Å². The molecule has 0 aliphatic carbocycles. The second-order valence-corrected chi connectivity index (χ2v) is 4.95. The maximum absolute atomic E-state index is 12.4. The smallest absolute Gasteiger partial charge is 0.244 e. The molecule has 6 heteroatoms. The number of hydrogen-bond donors (Lipinski definition) is 1. The van der Waals surface area contributed by atoms with Gasteiger partial charge in [-0.1, -0.05) is 25.4 Å². The van der Waals surface area contributed by atoms with Gasteiger partial charge >= 0.3 is 0 Å². The molecule has 0 atom stereocenters. The zero-order chi connectivity index (χ0) is 16.0. The molecule has 1 aromatic rings. The van der Waals surface area contributed by atoms with Gasteiger partial charge in [-0.05, 0) is 12.8 Å². The fraction of sp³-hybridized carbons (Fsp3) is 0.467. The van der Waals surface area contributed by atoms with Crippen LogP contribution in [0.2, 0.25) is 5.02 Å². The third kappa shape index (κ3) is 3.40. The first-order valence-electron chi connectivity index (χ1n) is 6.62. The van der Waals surface area contributed by atoms with Gasteiger partial charge < -0.3 is 14.8 Å². The highest BCUT2D eigenvalue weighted by Gasteiger charge is 2.35. The third-order valence-corrected chi connectivity index (χ3v) is 3.87. The van der Waals surface area contributed by atoms with Crippen molar-refractivity contribution in [3.63, 3.8) is 0 Å². The summed E-state index contributed by atoms with van der Waals surface area (Å²) in [5.74, 6) is 0.467. The summed E-state index contributed by atoms with van der Waals surface area (Å²) in [6, 6.07) is 5.24. The van der Waals surface area contributed by atoms with Crippen molar-refractivity contribution in [2.45, 2.75) is 26.7 Å². The maximum Gasteiger partial charge on any atom is 0.244 e. The first-order valence-corrected chi connectivity index (χ1v) is 7.00. The lowest BCUT2D eigenvalue weighted by Crippen LogP contribution is -2.34. The first kappa shape index (κ1) is 17.1. The number of carbonyl (C=O) groups excluding carboxylic acids is 1. The topological polar surface area (TPSA) is 71.4 Å². The highest BCUT2D eigenvalue weighted by Crippen LogP contribution is 2.37. The number of amides is 1. The summed E-state index contributed by atoms with van der Waals surface area (Å²) in [4.78, 5) is 12.4. The van der Waals surface area contributed by atoms with Crippen LogP contribution in [0.4, 0.5) is 5.69 Å². The van der Waals surface area contributed by atoms with E-state index in [9.17, 15) is 10.1 Å². The standard InChI is InChI=1S/C15H19ClN2O3/c1-5-15(6-2,9-17)14(19)18-11-8-12(20-3)10(16)7-13(11)21-4/h7-8H,5-6H2,1-4H3,(H,18,19). The molecule has 0 saturated heterocycles. The van der Waals surface area contributed by atoms with Crippen LogP contribution in [0, 0.1) is 16.7 Å². The van der Waals surface area contributed by atoms with Gasteiger partial charge in [0.25, 0.3) is 0 Å². The predicted octanol–water partition coefficient (Wildman–Crippen LogP) is 3.63. The lowest BCUT2D eigenvalue weighted by atomic mass is 9.83. The Morgan fingerprint density at radius 3 is 2.29 bits per heavy atom. The van der Waals surface area contributed by atoms with Crippen molar-refractivity contribution >= 4 is 23.2 Å². The Balaban J connectivity index is 3.18. The molecule has 0 unspecified atom stereocenters. The van der Waals surface area contributed by atoms with E-state index in [1.807, 2.05) is 13.8 Å². The second-order valence-electron chi connectivity index (χ2n) is 4.54. The molecule has 0 spiro atoms. The molecule has 0 bridgehead atoms. The summed E-state index contributed by atoms with van der Waals surface area (Å²) in [5.41, 5.74) is -0.636. The fourth-order valence-electron chi connectivity index (χ4n) is 1.98. The number of rotatable bonds is 6. The van der Waals surface area contributed by atoms with E-state index < -0.39 is 5.41 Å². The summed E-state index contributed by atoms with van der Waals surface area (Å²) in [6.07, 6.45) is 0.859. The molecule has 1 aromatic carbocycles. The minimum atomic E-state index is -1.06. The van der Waals surface area contributed by atoms with E-state index in [4.69, 9.17) is 21.1 Å². The van der Waals surface area contributed by atoms with Gasteiger partial charge in [0, 0.05) is 12.1 Å². The second kappa shape index (κ2) is 7.19. The average molecular weight is 311 g/mol. The number of methoxy groups -OCH3 is 2. The number of hydrogen-bond acceptors (Lipinski definition) is 4. The maximum atomic E-state index is 12.4. The van der Waals surface area contributed by atoms with Crippen LogP contribution >= 0.6 is 11.6 Å². The quantitative estimate of drug-likeness (QED) is 0.871. The van der Waals surface area contributed by atoms with E-state index in [1.54, 1.807) is 12.1 Å². The van der Waals surface area contributed by atoms with Crippen molar-refractivity contribution < 1.29 is 14.3 Å². The molecule has 0 fully saturated rings. The van der Waals surface area contributed by atoms with Crippen molar-refractivity contribution in [3.8, 4) is 17.6 Å². The van der Waals surface area contributed by atoms with Gasteiger partial charge in [-0.25, -0.2) is 0 Å². The molecular weight excluding hydrogens is 292 g/mol. The zero-order valence-electron chi connectivity index (χ0n) is 12.6. The Morgan fingerprint density at radius 2 is 1.86 bits per heavy atom. The van der Waals surface area contributed by atoms with Crippen LogP contribution in [0.1, 0.15) is 26.7 Å². The highest BCUT2D eigenvalue weighted by atomic mass is 35.5.